The Kier molecular flexibility index (Phi) is 6.39. The third-order valence-corrected chi connectivity index (χ3v) is 3.78. The van der Waals surface area contributed by atoms with E-state index in [1.54, 1.807) is 6.20 Å². The van der Waals surface area contributed by atoms with Gasteiger partial charge in [0.2, 0.25) is 5.91 Å². The predicted octanol–water partition coefficient (Wildman–Crippen LogP) is 4.23. The Hall–Kier alpha value is -2.10. The van der Waals surface area contributed by atoms with Gasteiger partial charge in [-0.2, -0.15) is 0 Å². The van der Waals surface area contributed by atoms with Gasteiger partial charge >= 0.3 is 0 Å². The molecule has 0 spiro atoms. The molecule has 2 rings (SSSR count). The summed E-state index contributed by atoms with van der Waals surface area (Å²) in [5.74, 6) is 1.57. The minimum atomic E-state index is 0.184. The smallest absolute Gasteiger partial charge is 0.223 e. The van der Waals surface area contributed by atoms with E-state index in [0.29, 0.717) is 18.7 Å². The molecule has 1 amide bonds. The number of hydrogen-bond acceptors (Lipinski definition) is 3. The summed E-state index contributed by atoms with van der Waals surface area (Å²) in [6, 6.07) is 8.15. The molecule has 0 aliphatic carbocycles. The molecule has 0 aliphatic heterocycles. The van der Waals surface area contributed by atoms with Gasteiger partial charge in [0, 0.05) is 31.5 Å². The van der Waals surface area contributed by atoms with E-state index in [0.717, 1.165) is 37.3 Å². The van der Waals surface area contributed by atoms with Gasteiger partial charge in [0.05, 0.1) is 6.20 Å². The molecule has 4 heteroatoms. The van der Waals surface area contributed by atoms with E-state index in [2.05, 4.69) is 37.9 Å². The van der Waals surface area contributed by atoms with E-state index in [-0.39, 0.29) is 5.91 Å². The normalized spacial score (nSPS) is 10.7. The number of oxazole rings is 1. The molecule has 2 aromatic rings. The van der Waals surface area contributed by atoms with Crippen LogP contribution >= 0.6 is 0 Å². The highest BCUT2D eigenvalue weighted by Crippen LogP contribution is 2.21. The second-order valence-electron chi connectivity index (χ2n) is 5.87. The van der Waals surface area contributed by atoms with E-state index in [1.807, 2.05) is 17.0 Å². The fourth-order valence-corrected chi connectivity index (χ4v) is 2.55. The van der Waals surface area contributed by atoms with Gasteiger partial charge < -0.3 is 9.32 Å². The average molecular weight is 314 g/mol. The van der Waals surface area contributed by atoms with Crippen LogP contribution in [-0.4, -0.2) is 28.9 Å². The van der Waals surface area contributed by atoms with Crippen molar-refractivity contribution in [3.63, 3.8) is 0 Å². The van der Waals surface area contributed by atoms with Crippen molar-refractivity contribution in [3.8, 4) is 11.3 Å². The molecule has 0 radical (unpaired) electrons. The zero-order chi connectivity index (χ0) is 16.7. The Balaban J connectivity index is 1.93. The zero-order valence-corrected chi connectivity index (χ0v) is 14.3. The van der Waals surface area contributed by atoms with E-state index in [4.69, 9.17) is 4.42 Å². The predicted molar refractivity (Wildman–Crippen MR) is 92.2 cm³/mol. The molecule has 0 saturated heterocycles. The molecule has 0 fully saturated rings. The van der Waals surface area contributed by atoms with E-state index in [9.17, 15) is 4.79 Å². The van der Waals surface area contributed by atoms with Crippen LogP contribution in [0.1, 0.15) is 44.6 Å². The van der Waals surface area contributed by atoms with Crippen molar-refractivity contribution in [3.05, 3.63) is 41.9 Å². The monoisotopic (exact) mass is 314 g/mol. The SMILES string of the molecule is CCCN(CCC)C(=O)CCc1ncc(-c2ccc(C)cc2)o1. The molecule has 4 nitrogen and oxygen atoms in total. The van der Waals surface area contributed by atoms with Gasteiger partial charge in [-0.15, -0.1) is 0 Å². The number of carbonyl (C=O) groups is 1. The first-order valence-corrected chi connectivity index (χ1v) is 8.43. The first-order valence-electron chi connectivity index (χ1n) is 8.43. The summed E-state index contributed by atoms with van der Waals surface area (Å²) in [5.41, 5.74) is 2.23. The molecule has 0 saturated carbocycles. The fraction of sp³-hybridized carbons (Fsp3) is 0.474. The van der Waals surface area contributed by atoms with E-state index >= 15 is 0 Å². The van der Waals surface area contributed by atoms with Crippen LogP contribution in [0.4, 0.5) is 0 Å². The number of aromatic nitrogens is 1. The summed E-state index contributed by atoms with van der Waals surface area (Å²) >= 11 is 0. The molecular formula is C19H26N2O2. The van der Waals surface area contributed by atoms with Gasteiger partial charge in [-0.05, 0) is 19.8 Å². The molecule has 1 heterocycles. The lowest BCUT2D eigenvalue weighted by atomic mass is 10.1. The van der Waals surface area contributed by atoms with Crippen molar-refractivity contribution in [1.29, 1.82) is 0 Å². The van der Waals surface area contributed by atoms with Crippen LogP contribution in [0.15, 0.2) is 34.9 Å². The maximum Gasteiger partial charge on any atom is 0.223 e. The molecule has 0 unspecified atom stereocenters. The summed E-state index contributed by atoms with van der Waals surface area (Å²) in [6.45, 7) is 7.90. The van der Waals surface area contributed by atoms with Crippen molar-refractivity contribution in [1.82, 2.24) is 9.88 Å². The van der Waals surface area contributed by atoms with Gasteiger partial charge in [-0.3, -0.25) is 4.79 Å². The van der Waals surface area contributed by atoms with E-state index < -0.39 is 0 Å². The van der Waals surface area contributed by atoms with Crippen molar-refractivity contribution in [2.45, 2.75) is 46.5 Å². The van der Waals surface area contributed by atoms with Gasteiger partial charge in [0.1, 0.15) is 0 Å². The van der Waals surface area contributed by atoms with E-state index in [1.165, 1.54) is 5.56 Å². The summed E-state index contributed by atoms with van der Waals surface area (Å²) in [6.07, 6.45) is 4.72. The van der Waals surface area contributed by atoms with Gasteiger partial charge in [0.15, 0.2) is 11.7 Å². The number of benzene rings is 1. The lowest BCUT2D eigenvalue weighted by molar-refractivity contribution is -0.131. The second-order valence-corrected chi connectivity index (χ2v) is 5.87. The Morgan fingerprint density at radius 1 is 1.13 bits per heavy atom. The highest BCUT2D eigenvalue weighted by Gasteiger charge is 2.14. The number of nitrogens with zero attached hydrogens (tertiary/aromatic N) is 2. The molecule has 0 bridgehead atoms. The topological polar surface area (TPSA) is 46.3 Å². The van der Waals surface area contributed by atoms with Gasteiger partial charge in [0.25, 0.3) is 0 Å². The molecule has 124 valence electrons. The summed E-state index contributed by atoms with van der Waals surface area (Å²) in [5, 5.41) is 0. The minimum absolute atomic E-state index is 0.184. The molecule has 23 heavy (non-hydrogen) atoms. The van der Waals surface area contributed by atoms with Crippen LogP contribution in [0.5, 0.6) is 0 Å². The van der Waals surface area contributed by atoms with Gasteiger partial charge in [-0.25, -0.2) is 4.98 Å². The third-order valence-electron chi connectivity index (χ3n) is 3.78. The Morgan fingerprint density at radius 3 is 2.39 bits per heavy atom. The number of rotatable bonds is 8. The first-order chi connectivity index (χ1) is 11.1. The largest absolute Gasteiger partial charge is 0.441 e. The second kappa shape index (κ2) is 8.51. The minimum Gasteiger partial charge on any atom is -0.441 e. The van der Waals surface area contributed by atoms with Crippen LogP contribution in [0.3, 0.4) is 0 Å². The van der Waals surface area contributed by atoms with Crippen molar-refractivity contribution >= 4 is 5.91 Å². The Labute approximate surface area is 138 Å². The highest BCUT2D eigenvalue weighted by molar-refractivity contribution is 5.76. The Morgan fingerprint density at radius 2 is 1.78 bits per heavy atom. The number of carbonyl (C=O) groups excluding carboxylic acids is 1. The lowest BCUT2D eigenvalue weighted by Gasteiger charge is -2.21. The molecule has 1 aromatic heterocycles. The first kappa shape index (κ1) is 17.3. The summed E-state index contributed by atoms with van der Waals surface area (Å²) in [7, 11) is 0. The van der Waals surface area contributed by atoms with Crippen LogP contribution in [0, 0.1) is 6.92 Å². The number of aryl methyl sites for hydroxylation is 2. The molecular weight excluding hydrogens is 288 g/mol. The molecule has 0 N–H and O–H groups in total. The van der Waals surface area contributed by atoms with Gasteiger partial charge in [-0.1, -0.05) is 43.7 Å². The Bertz CT molecular complexity index is 611. The lowest BCUT2D eigenvalue weighted by Crippen LogP contribution is -2.32. The number of amides is 1. The highest BCUT2D eigenvalue weighted by atomic mass is 16.4. The fourth-order valence-electron chi connectivity index (χ4n) is 2.55. The van der Waals surface area contributed by atoms with Crippen molar-refractivity contribution in [2.24, 2.45) is 0 Å². The average Bonchev–Trinajstić information content (AvgIpc) is 3.02. The number of hydrogen-bond donors (Lipinski definition) is 0. The van der Waals surface area contributed by atoms with Crippen molar-refractivity contribution < 1.29 is 9.21 Å². The van der Waals surface area contributed by atoms with Crippen LogP contribution in [-0.2, 0) is 11.2 Å². The molecule has 1 aromatic carbocycles. The zero-order valence-electron chi connectivity index (χ0n) is 14.3. The quantitative estimate of drug-likeness (QED) is 0.732. The van der Waals surface area contributed by atoms with Crippen LogP contribution < -0.4 is 0 Å². The summed E-state index contributed by atoms with van der Waals surface area (Å²) < 4.78 is 5.78. The van der Waals surface area contributed by atoms with Crippen LogP contribution in [0.25, 0.3) is 11.3 Å². The molecule has 0 aliphatic rings. The maximum absolute atomic E-state index is 12.3. The van der Waals surface area contributed by atoms with Crippen molar-refractivity contribution in [2.75, 3.05) is 13.1 Å². The van der Waals surface area contributed by atoms with Crippen LogP contribution in [0.2, 0.25) is 0 Å². The third kappa shape index (κ3) is 4.95. The maximum atomic E-state index is 12.3. The molecule has 0 atom stereocenters. The standard InChI is InChI=1S/C19H26N2O2/c1-4-12-21(13-5-2)19(22)11-10-18-20-14-17(23-18)16-8-6-15(3)7-9-16/h6-9,14H,4-5,10-13H2,1-3H3. The summed E-state index contributed by atoms with van der Waals surface area (Å²) in [4.78, 5) is 18.5.